The molecule has 0 saturated carbocycles. The molecule has 0 aromatic heterocycles. The molecule has 0 aliphatic heterocycles. The maximum absolute atomic E-state index is 11.4. The van der Waals surface area contributed by atoms with Crippen LogP contribution in [0.2, 0.25) is 0 Å². The van der Waals surface area contributed by atoms with Gasteiger partial charge in [-0.15, -0.1) is 0 Å². The molecule has 3 nitrogen and oxygen atoms in total. The van der Waals surface area contributed by atoms with Crippen LogP contribution in [0.5, 0.6) is 11.5 Å². The number of ether oxygens (including phenoxy) is 1. The quantitative estimate of drug-likeness (QED) is 0.636. The van der Waals surface area contributed by atoms with Crippen LogP contribution in [0.4, 0.5) is 0 Å². The molecule has 0 amide bonds. The van der Waals surface area contributed by atoms with E-state index in [0.717, 1.165) is 10.8 Å². The Morgan fingerprint density at radius 2 is 2.06 bits per heavy atom. The van der Waals surface area contributed by atoms with Crippen LogP contribution in [0.15, 0.2) is 30.3 Å². The molecule has 0 radical (unpaired) electrons. The van der Waals surface area contributed by atoms with E-state index in [-0.39, 0.29) is 23.9 Å². The standard InChI is InChI=1S/C14H14O3/c1-3-12(15)17-14-11-7-5-4-6-10(11)8-9(2)13(14)16/h4-8,16H,3H2,1-2H3. The van der Waals surface area contributed by atoms with Gasteiger partial charge in [0, 0.05) is 11.8 Å². The third-order valence-electron chi connectivity index (χ3n) is 2.67. The summed E-state index contributed by atoms with van der Waals surface area (Å²) in [4.78, 5) is 11.4. The smallest absolute Gasteiger partial charge is 0.311 e. The predicted molar refractivity (Wildman–Crippen MR) is 66.3 cm³/mol. The molecule has 0 atom stereocenters. The number of aromatic hydroxyl groups is 1. The van der Waals surface area contributed by atoms with Crippen LogP contribution in [0, 0.1) is 6.92 Å². The van der Waals surface area contributed by atoms with Crippen molar-refractivity contribution in [2.24, 2.45) is 0 Å². The van der Waals surface area contributed by atoms with Gasteiger partial charge in [-0.05, 0) is 23.9 Å². The van der Waals surface area contributed by atoms with Crippen LogP contribution in [0.1, 0.15) is 18.9 Å². The molecule has 1 N–H and O–H groups in total. The summed E-state index contributed by atoms with van der Waals surface area (Å²) >= 11 is 0. The molecule has 2 aromatic rings. The number of aryl methyl sites for hydroxylation is 1. The van der Waals surface area contributed by atoms with E-state index in [1.807, 2.05) is 30.3 Å². The van der Waals surface area contributed by atoms with E-state index < -0.39 is 0 Å². The fourth-order valence-electron chi connectivity index (χ4n) is 1.73. The molecule has 2 aromatic carbocycles. The molecule has 0 spiro atoms. The van der Waals surface area contributed by atoms with E-state index in [1.54, 1.807) is 13.8 Å². The van der Waals surface area contributed by atoms with Gasteiger partial charge in [-0.3, -0.25) is 4.79 Å². The molecule has 0 fully saturated rings. The number of phenolic OH excluding ortho intramolecular Hbond substituents is 1. The van der Waals surface area contributed by atoms with Gasteiger partial charge >= 0.3 is 5.97 Å². The Morgan fingerprint density at radius 1 is 1.35 bits per heavy atom. The molecule has 88 valence electrons. The fourth-order valence-corrected chi connectivity index (χ4v) is 1.73. The highest BCUT2D eigenvalue weighted by atomic mass is 16.5. The minimum absolute atomic E-state index is 0.0329. The van der Waals surface area contributed by atoms with Gasteiger partial charge < -0.3 is 9.84 Å². The summed E-state index contributed by atoms with van der Waals surface area (Å²) in [6.07, 6.45) is 0.279. The van der Waals surface area contributed by atoms with Crippen molar-refractivity contribution in [2.45, 2.75) is 20.3 Å². The topological polar surface area (TPSA) is 46.5 Å². The normalized spacial score (nSPS) is 10.5. The third kappa shape index (κ3) is 2.09. The number of esters is 1. The van der Waals surface area contributed by atoms with E-state index in [0.29, 0.717) is 5.56 Å². The maximum Gasteiger partial charge on any atom is 0.311 e. The second kappa shape index (κ2) is 4.45. The van der Waals surface area contributed by atoms with E-state index >= 15 is 0 Å². The summed E-state index contributed by atoms with van der Waals surface area (Å²) < 4.78 is 5.20. The monoisotopic (exact) mass is 230 g/mol. The van der Waals surface area contributed by atoms with Crippen molar-refractivity contribution < 1.29 is 14.6 Å². The zero-order chi connectivity index (χ0) is 12.4. The van der Waals surface area contributed by atoms with Crippen LogP contribution in [0.3, 0.4) is 0 Å². The van der Waals surface area contributed by atoms with Gasteiger partial charge in [0.1, 0.15) is 0 Å². The minimum atomic E-state index is -0.351. The van der Waals surface area contributed by atoms with Crippen LogP contribution in [-0.2, 0) is 4.79 Å². The Hall–Kier alpha value is -2.03. The summed E-state index contributed by atoms with van der Waals surface area (Å²) in [5.41, 5.74) is 0.697. The third-order valence-corrected chi connectivity index (χ3v) is 2.67. The fraction of sp³-hybridized carbons (Fsp3) is 0.214. The summed E-state index contributed by atoms with van der Waals surface area (Å²) in [7, 11) is 0. The molecule has 0 saturated heterocycles. The Kier molecular flexibility index (Phi) is 3.00. The highest BCUT2D eigenvalue weighted by Crippen LogP contribution is 2.37. The molecule has 0 aliphatic rings. The summed E-state index contributed by atoms with van der Waals surface area (Å²) in [5, 5.41) is 11.7. The lowest BCUT2D eigenvalue weighted by atomic mass is 10.1. The van der Waals surface area contributed by atoms with Crippen LogP contribution < -0.4 is 4.74 Å². The number of hydrogen-bond acceptors (Lipinski definition) is 3. The summed E-state index contributed by atoms with van der Waals surface area (Å²) in [6.45, 7) is 3.50. The molecule has 0 bridgehead atoms. The zero-order valence-electron chi connectivity index (χ0n) is 9.86. The van der Waals surface area contributed by atoms with Crippen molar-refractivity contribution in [2.75, 3.05) is 0 Å². The SMILES string of the molecule is CCC(=O)Oc1c(O)c(C)cc2ccccc12. The minimum Gasteiger partial charge on any atom is -0.504 e. The number of rotatable bonds is 2. The Labute approximate surface area is 99.6 Å². The molecule has 0 heterocycles. The first-order chi connectivity index (χ1) is 8.13. The number of phenols is 1. The largest absolute Gasteiger partial charge is 0.504 e. The number of carbonyl (C=O) groups is 1. The van der Waals surface area contributed by atoms with Gasteiger partial charge in [0.25, 0.3) is 0 Å². The lowest BCUT2D eigenvalue weighted by Gasteiger charge is -2.11. The predicted octanol–water partition coefficient (Wildman–Crippen LogP) is 3.17. The average molecular weight is 230 g/mol. The maximum atomic E-state index is 11.4. The van der Waals surface area contributed by atoms with Crippen LogP contribution in [-0.4, -0.2) is 11.1 Å². The van der Waals surface area contributed by atoms with Crippen LogP contribution >= 0.6 is 0 Å². The zero-order valence-corrected chi connectivity index (χ0v) is 9.86. The van der Waals surface area contributed by atoms with Crippen molar-refractivity contribution in [1.82, 2.24) is 0 Å². The number of hydrogen-bond donors (Lipinski definition) is 1. The molecular weight excluding hydrogens is 216 g/mol. The van der Waals surface area contributed by atoms with Crippen molar-refractivity contribution in [1.29, 1.82) is 0 Å². The number of benzene rings is 2. The Balaban J connectivity index is 2.65. The highest BCUT2D eigenvalue weighted by molar-refractivity contribution is 5.93. The van der Waals surface area contributed by atoms with Gasteiger partial charge in [-0.25, -0.2) is 0 Å². The highest BCUT2D eigenvalue weighted by Gasteiger charge is 2.14. The van der Waals surface area contributed by atoms with Crippen molar-refractivity contribution >= 4 is 16.7 Å². The molecule has 0 aliphatic carbocycles. The van der Waals surface area contributed by atoms with Crippen molar-refractivity contribution in [3.63, 3.8) is 0 Å². The lowest BCUT2D eigenvalue weighted by Crippen LogP contribution is -2.06. The first-order valence-corrected chi connectivity index (χ1v) is 5.55. The van der Waals surface area contributed by atoms with Gasteiger partial charge in [0.15, 0.2) is 11.5 Å². The molecule has 17 heavy (non-hydrogen) atoms. The molecule has 2 rings (SSSR count). The average Bonchev–Trinajstić information content (AvgIpc) is 2.34. The number of fused-ring (bicyclic) bond motifs is 1. The molecule has 0 unspecified atom stereocenters. The first kappa shape index (κ1) is 11.5. The summed E-state index contributed by atoms with van der Waals surface area (Å²) in [5.74, 6) is -0.0611. The van der Waals surface area contributed by atoms with Gasteiger partial charge in [-0.1, -0.05) is 31.2 Å². The first-order valence-electron chi connectivity index (χ1n) is 5.55. The van der Waals surface area contributed by atoms with E-state index in [9.17, 15) is 9.90 Å². The van der Waals surface area contributed by atoms with Crippen LogP contribution in [0.25, 0.3) is 10.8 Å². The Morgan fingerprint density at radius 3 is 2.76 bits per heavy atom. The second-order valence-corrected chi connectivity index (χ2v) is 3.92. The van der Waals surface area contributed by atoms with Gasteiger partial charge in [0.2, 0.25) is 0 Å². The summed E-state index contributed by atoms with van der Waals surface area (Å²) in [6, 6.07) is 9.37. The van der Waals surface area contributed by atoms with Gasteiger partial charge in [-0.2, -0.15) is 0 Å². The van der Waals surface area contributed by atoms with E-state index in [2.05, 4.69) is 0 Å². The van der Waals surface area contributed by atoms with Gasteiger partial charge in [0.05, 0.1) is 0 Å². The number of carbonyl (C=O) groups excluding carboxylic acids is 1. The molecular formula is C14H14O3. The lowest BCUT2D eigenvalue weighted by molar-refractivity contribution is -0.134. The van der Waals surface area contributed by atoms with Crippen molar-refractivity contribution in [3.05, 3.63) is 35.9 Å². The Bertz CT molecular complexity index is 573. The molecule has 3 heteroatoms. The van der Waals surface area contributed by atoms with E-state index in [1.165, 1.54) is 0 Å². The van der Waals surface area contributed by atoms with Crippen molar-refractivity contribution in [3.8, 4) is 11.5 Å². The van der Waals surface area contributed by atoms with E-state index in [4.69, 9.17) is 4.74 Å². The second-order valence-electron chi connectivity index (χ2n) is 3.92.